The van der Waals surface area contributed by atoms with Crippen LogP contribution >= 0.6 is 0 Å². The van der Waals surface area contributed by atoms with Crippen molar-refractivity contribution in [1.29, 1.82) is 0 Å². The number of rotatable bonds is 8. The van der Waals surface area contributed by atoms with Gasteiger partial charge in [-0.05, 0) is 48.1 Å². The van der Waals surface area contributed by atoms with Gasteiger partial charge in [-0.2, -0.15) is 4.31 Å². The number of carbonyl (C=O) groups is 1. The lowest BCUT2D eigenvalue weighted by Crippen LogP contribution is -2.40. The van der Waals surface area contributed by atoms with Crippen molar-refractivity contribution in [2.45, 2.75) is 50.8 Å². The second-order valence-electron chi connectivity index (χ2n) is 9.11. The second kappa shape index (κ2) is 10.7. The minimum atomic E-state index is -3.77. The SMILES string of the molecule is CCOc1ccc(NC(=O)CCc2ccc(C(C)(C)C)cc2)cc1S(=O)(=O)N1CCOCC1. The normalized spacial score (nSPS) is 15.3. The summed E-state index contributed by atoms with van der Waals surface area (Å²) in [7, 11) is -3.77. The van der Waals surface area contributed by atoms with Crippen LogP contribution in [-0.2, 0) is 31.4 Å². The summed E-state index contributed by atoms with van der Waals surface area (Å²) in [5, 5.41) is 2.83. The van der Waals surface area contributed by atoms with Crippen LogP contribution in [0, 0.1) is 0 Å². The first-order valence-corrected chi connectivity index (χ1v) is 12.8. The molecule has 0 unspecified atom stereocenters. The number of carbonyl (C=O) groups excluding carboxylic acids is 1. The van der Waals surface area contributed by atoms with Gasteiger partial charge in [0.25, 0.3) is 0 Å². The number of hydrogen-bond acceptors (Lipinski definition) is 5. The maximum atomic E-state index is 13.2. The molecule has 7 nitrogen and oxygen atoms in total. The number of nitrogens with zero attached hydrogens (tertiary/aromatic N) is 1. The summed E-state index contributed by atoms with van der Waals surface area (Å²) in [5.74, 6) is 0.106. The van der Waals surface area contributed by atoms with Gasteiger partial charge >= 0.3 is 0 Å². The Labute approximate surface area is 197 Å². The molecular formula is C25H34N2O5S. The second-order valence-corrected chi connectivity index (χ2v) is 11.0. The Morgan fingerprint density at radius 1 is 1.09 bits per heavy atom. The fraction of sp³-hybridized carbons (Fsp3) is 0.480. The molecule has 0 atom stereocenters. The predicted octanol–water partition coefficient (Wildman–Crippen LogP) is 3.98. The summed E-state index contributed by atoms with van der Waals surface area (Å²) in [5.41, 5.74) is 2.85. The van der Waals surface area contributed by atoms with E-state index in [0.717, 1.165) is 5.56 Å². The lowest BCUT2D eigenvalue weighted by atomic mass is 9.86. The first-order valence-electron chi connectivity index (χ1n) is 11.4. The summed E-state index contributed by atoms with van der Waals surface area (Å²) >= 11 is 0. The van der Waals surface area contributed by atoms with Gasteiger partial charge in [-0.1, -0.05) is 45.0 Å². The van der Waals surface area contributed by atoms with Gasteiger partial charge in [0.15, 0.2) is 0 Å². The summed E-state index contributed by atoms with van der Waals surface area (Å²) in [6.07, 6.45) is 0.903. The van der Waals surface area contributed by atoms with E-state index >= 15 is 0 Å². The van der Waals surface area contributed by atoms with Crippen LogP contribution in [0.1, 0.15) is 45.2 Å². The molecule has 3 rings (SSSR count). The standard InChI is InChI=1S/C25H34N2O5S/c1-5-32-22-12-11-21(18-23(22)33(29,30)27-14-16-31-17-15-27)26-24(28)13-8-19-6-9-20(10-7-19)25(2,3)4/h6-7,9-12,18H,5,8,13-17H2,1-4H3,(H,26,28). The van der Waals surface area contributed by atoms with E-state index < -0.39 is 10.0 Å². The Bertz CT molecular complexity index is 1050. The maximum Gasteiger partial charge on any atom is 0.246 e. The van der Waals surface area contributed by atoms with Crippen LogP contribution in [0.15, 0.2) is 47.4 Å². The molecule has 0 spiro atoms. The highest BCUT2D eigenvalue weighted by atomic mass is 32.2. The van der Waals surface area contributed by atoms with Crippen LogP contribution in [0.2, 0.25) is 0 Å². The highest BCUT2D eigenvalue weighted by molar-refractivity contribution is 7.89. The number of benzene rings is 2. The Balaban J connectivity index is 1.70. The molecule has 0 bridgehead atoms. The van der Waals surface area contributed by atoms with Crippen molar-refractivity contribution in [2.75, 3.05) is 38.2 Å². The number of ether oxygens (including phenoxy) is 2. The summed E-state index contributed by atoms with van der Waals surface area (Å²) in [6, 6.07) is 13.0. The highest BCUT2D eigenvalue weighted by Crippen LogP contribution is 2.30. The van der Waals surface area contributed by atoms with Crippen molar-refractivity contribution < 1.29 is 22.7 Å². The molecule has 1 fully saturated rings. The quantitative estimate of drug-likeness (QED) is 0.626. The molecule has 1 heterocycles. The number of sulfonamides is 1. The molecule has 180 valence electrons. The summed E-state index contributed by atoms with van der Waals surface area (Å²) < 4.78 is 38.6. The smallest absolute Gasteiger partial charge is 0.246 e. The Hall–Kier alpha value is -2.42. The molecule has 0 aliphatic carbocycles. The molecule has 0 radical (unpaired) electrons. The molecule has 0 aromatic heterocycles. The molecule has 0 saturated carbocycles. The number of aryl methyl sites for hydroxylation is 1. The minimum absolute atomic E-state index is 0.0572. The summed E-state index contributed by atoms with van der Waals surface area (Å²) in [6.45, 7) is 9.93. The first kappa shape index (κ1) is 25.2. The van der Waals surface area contributed by atoms with E-state index in [0.29, 0.717) is 51.4 Å². The number of hydrogen-bond donors (Lipinski definition) is 1. The third-order valence-corrected chi connectivity index (χ3v) is 7.50. The van der Waals surface area contributed by atoms with Gasteiger partial charge in [0.2, 0.25) is 15.9 Å². The van der Waals surface area contributed by atoms with Crippen molar-refractivity contribution >= 4 is 21.6 Å². The van der Waals surface area contributed by atoms with Crippen LogP contribution in [0.3, 0.4) is 0 Å². The van der Waals surface area contributed by atoms with E-state index in [1.807, 2.05) is 0 Å². The third-order valence-electron chi connectivity index (χ3n) is 5.58. The zero-order chi connectivity index (χ0) is 24.1. The highest BCUT2D eigenvalue weighted by Gasteiger charge is 2.29. The third kappa shape index (κ3) is 6.56. The lowest BCUT2D eigenvalue weighted by Gasteiger charge is -2.27. The van der Waals surface area contributed by atoms with Crippen molar-refractivity contribution in [2.24, 2.45) is 0 Å². The topological polar surface area (TPSA) is 84.9 Å². The zero-order valence-electron chi connectivity index (χ0n) is 19.9. The van der Waals surface area contributed by atoms with Gasteiger partial charge in [0.05, 0.1) is 19.8 Å². The van der Waals surface area contributed by atoms with Crippen molar-refractivity contribution in [1.82, 2.24) is 4.31 Å². The molecule has 1 aliphatic heterocycles. The van der Waals surface area contributed by atoms with E-state index in [1.165, 1.54) is 15.9 Å². The van der Waals surface area contributed by atoms with E-state index in [4.69, 9.17) is 9.47 Å². The lowest BCUT2D eigenvalue weighted by molar-refractivity contribution is -0.116. The van der Waals surface area contributed by atoms with Gasteiger partial charge in [-0.3, -0.25) is 4.79 Å². The van der Waals surface area contributed by atoms with Gasteiger partial charge < -0.3 is 14.8 Å². The molecule has 2 aromatic carbocycles. The molecule has 2 aromatic rings. The number of amides is 1. The summed E-state index contributed by atoms with van der Waals surface area (Å²) in [4.78, 5) is 12.6. The minimum Gasteiger partial charge on any atom is -0.492 e. The average molecular weight is 475 g/mol. The van der Waals surface area contributed by atoms with Crippen molar-refractivity contribution in [3.8, 4) is 5.75 Å². The largest absolute Gasteiger partial charge is 0.492 e. The Morgan fingerprint density at radius 3 is 2.36 bits per heavy atom. The van der Waals surface area contributed by atoms with Crippen LogP contribution in [0.25, 0.3) is 0 Å². The number of anilines is 1. The van der Waals surface area contributed by atoms with Crippen molar-refractivity contribution in [3.05, 3.63) is 53.6 Å². The van der Waals surface area contributed by atoms with E-state index in [9.17, 15) is 13.2 Å². The Morgan fingerprint density at radius 2 is 1.76 bits per heavy atom. The van der Waals surface area contributed by atoms with Crippen LogP contribution < -0.4 is 10.1 Å². The monoisotopic (exact) mass is 474 g/mol. The number of nitrogens with one attached hydrogen (secondary N) is 1. The van der Waals surface area contributed by atoms with Gasteiger partial charge in [-0.15, -0.1) is 0 Å². The zero-order valence-corrected chi connectivity index (χ0v) is 20.7. The van der Waals surface area contributed by atoms with Gasteiger partial charge in [0.1, 0.15) is 10.6 Å². The number of morpholine rings is 1. The van der Waals surface area contributed by atoms with Gasteiger partial charge in [-0.25, -0.2) is 8.42 Å². The van der Waals surface area contributed by atoms with E-state index in [1.54, 1.807) is 19.1 Å². The van der Waals surface area contributed by atoms with Crippen LogP contribution in [0.5, 0.6) is 5.75 Å². The molecule has 1 aliphatic rings. The molecule has 8 heteroatoms. The molecule has 1 amide bonds. The van der Waals surface area contributed by atoms with Crippen LogP contribution in [-0.4, -0.2) is 51.5 Å². The average Bonchev–Trinajstić information content (AvgIpc) is 2.79. The Kier molecular flexibility index (Phi) is 8.15. The fourth-order valence-corrected chi connectivity index (χ4v) is 5.21. The molecule has 33 heavy (non-hydrogen) atoms. The maximum absolute atomic E-state index is 13.2. The molecule has 1 N–H and O–H groups in total. The predicted molar refractivity (Wildman–Crippen MR) is 129 cm³/mol. The fourth-order valence-electron chi connectivity index (χ4n) is 3.64. The van der Waals surface area contributed by atoms with Crippen LogP contribution in [0.4, 0.5) is 5.69 Å². The molecule has 1 saturated heterocycles. The van der Waals surface area contributed by atoms with E-state index in [-0.39, 0.29) is 22.0 Å². The molecular weight excluding hydrogens is 440 g/mol. The van der Waals surface area contributed by atoms with Gasteiger partial charge in [0, 0.05) is 25.2 Å². The van der Waals surface area contributed by atoms with E-state index in [2.05, 4.69) is 50.4 Å². The first-order chi connectivity index (χ1) is 15.6. The van der Waals surface area contributed by atoms with Crippen molar-refractivity contribution in [3.63, 3.8) is 0 Å².